The Morgan fingerprint density at radius 2 is 1.88 bits per heavy atom. The van der Waals surface area contributed by atoms with Crippen LogP contribution in [0, 0.1) is 0 Å². The van der Waals surface area contributed by atoms with Crippen molar-refractivity contribution in [2.24, 2.45) is 0 Å². The first kappa shape index (κ1) is 13.0. The molecule has 0 aliphatic carbocycles. The normalized spacial score (nSPS) is 13.9. The zero-order valence-electron chi connectivity index (χ0n) is 8.55. The summed E-state index contributed by atoms with van der Waals surface area (Å²) in [6, 6.07) is 8.73. The maximum absolute atomic E-state index is 10.9. The summed E-state index contributed by atoms with van der Waals surface area (Å²) >= 11 is 1.69. The SMILES string of the molecule is CC(=O)OC(c1ccccc1)C(I)C(=O)[O-]. The molecule has 4 nitrogen and oxygen atoms in total. The van der Waals surface area contributed by atoms with Gasteiger partial charge in [-0.15, -0.1) is 0 Å². The van der Waals surface area contributed by atoms with Crippen molar-refractivity contribution in [3.63, 3.8) is 0 Å². The number of carbonyl (C=O) groups excluding carboxylic acids is 2. The summed E-state index contributed by atoms with van der Waals surface area (Å²) in [5.41, 5.74) is 0.640. The van der Waals surface area contributed by atoms with Gasteiger partial charge in [-0.25, -0.2) is 0 Å². The molecule has 0 N–H and O–H groups in total. The molecule has 1 rings (SSSR count). The van der Waals surface area contributed by atoms with Gasteiger partial charge in [-0.05, 0) is 5.56 Å². The Balaban J connectivity index is 2.96. The molecule has 0 saturated heterocycles. The predicted octanol–water partition coefficient (Wildman–Crippen LogP) is 0.844. The van der Waals surface area contributed by atoms with Gasteiger partial charge in [0.05, 0.1) is 9.89 Å². The van der Waals surface area contributed by atoms with Crippen LogP contribution in [0.4, 0.5) is 0 Å². The Morgan fingerprint density at radius 3 is 2.31 bits per heavy atom. The lowest BCUT2D eigenvalue weighted by Gasteiger charge is -2.23. The van der Waals surface area contributed by atoms with Gasteiger partial charge in [0.15, 0.2) is 0 Å². The molecule has 0 amide bonds. The molecule has 2 atom stereocenters. The van der Waals surface area contributed by atoms with Crippen molar-refractivity contribution in [1.29, 1.82) is 0 Å². The van der Waals surface area contributed by atoms with E-state index in [0.717, 1.165) is 0 Å². The molecule has 2 unspecified atom stereocenters. The van der Waals surface area contributed by atoms with E-state index in [1.54, 1.807) is 52.9 Å². The number of rotatable bonds is 4. The van der Waals surface area contributed by atoms with Crippen molar-refractivity contribution in [1.82, 2.24) is 0 Å². The summed E-state index contributed by atoms with van der Waals surface area (Å²) in [4.78, 5) is 21.7. The molecule has 16 heavy (non-hydrogen) atoms. The van der Waals surface area contributed by atoms with E-state index in [9.17, 15) is 14.7 Å². The van der Waals surface area contributed by atoms with Crippen molar-refractivity contribution in [2.45, 2.75) is 17.0 Å². The van der Waals surface area contributed by atoms with Gasteiger partial charge >= 0.3 is 5.97 Å². The molecule has 5 heteroatoms. The average molecular weight is 333 g/mol. The zero-order valence-corrected chi connectivity index (χ0v) is 10.7. The Morgan fingerprint density at radius 1 is 1.31 bits per heavy atom. The van der Waals surface area contributed by atoms with Crippen LogP contribution >= 0.6 is 22.6 Å². The van der Waals surface area contributed by atoms with Crippen molar-refractivity contribution < 1.29 is 19.4 Å². The molecule has 1 aromatic carbocycles. The second-order valence-corrected chi connectivity index (χ2v) is 4.50. The second kappa shape index (κ2) is 5.83. The minimum Gasteiger partial charge on any atom is -0.549 e. The van der Waals surface area contributed by atoms with Crippen LogP contribution in [0.2, 0.25) is 0 Å². The van der Waals surface area contributed by atoms with Crippen LogP contribution in [0.15, 0.2) is 30.3 Å². The number of carboxylic acids is 1. The van der Waals surface area contributed by atoms with Crippen LogP contribution in [0.5, 0.6) is 0 Å². The van der Waals surface area contributed by atoms with Crippen LogP contribution in [-0.2, 0) is 14.3 Å². The standard InChI is InChI=1S/C11H11IO4/c1-7(13)16-10(9(12)11(14)15)8-5-3-2-4-6-8/h2-6,9-10H,1H3,(H,14,15)/p-1. The molecular weight excluding hydrogens is 323 g/mol. The summed E-state index contributed by atoms with van der Waals surface area (Å²) in [7, 11) is 0. The number of alkyl halides is 1. The third-order valence-electron chi connectivity index (χ3n) is 1.91. The van der Waals surface area contributed by atoms with E-state index >= 15 is 0 Å². The highest BCUT2D eigenvalue weighted by atomic mass is 127. The number of benzene rings is 1. The summed E-state index contributed by atoms with van der Waals surface area (Å²) in [6.45, 7) is 1.24. The number of hydrogen-bond donors (Lipinski definition) is 0. The Bertz CT molecular complexity index is 377. The molecule has 0 aliphatic heterocycles. The number of esters is 1. The highest BCUT2D eigenvalue weighted by molar-refractivity contribution is 14.1. The highest BCUT2D eigenvalue weighted by Gasteiger charge is 2.24. The third kappa shape index (κ3) is 3.48. The maximum atomic E-state index is 10.9. The molecule has 86 valence electrons. The fraction of sp³-hybridized carbons (Fsp3) is 0.273. The minimum atomic E-state index is -1.25. The summed E-state index contributed by atoms with van der Waals surface area (Å²) < 4.78 is 4.08. The number of carbonyl (C=O) groups is 2. The number of carboxylic acid groups (broad SMARTS) is 1. The van der Waals surface area contributed by atoms with Crippen molar-refractivity contribution >= 4 is 34.5 Å². The fourth-order valence-electron chi connectivity index (χ4n) is 1.24. The van der Waals surface area contributed by atoms with Crippen molar-refractivity contribution in [3.05, 3.63) is 35.9 Å². The van der Waals surface area contributed by atoms with E-state index in [1.807, 2.05) is 0 Å². The first-order chi connectivity index (χ1) is 7.52. The number of hydrogen-bond acceptors (Lipinski definition) is 4. The molecular formula is C11H10IO4-. The smallest absolute Gasteiger partial charge is 0.303 e. The number of ether oxygens (including phenoxy) is 1. The van der Waals surface area contributed by atoms with Crippen LogP contribution in [0.1, 0.15) is 18.6 Å². The number of aliphatic carboxylic acids is 1. The van der Waals surface area contributed by atoms with Gasteiger partial charge in [-0.3, -0.25) is 4.79 Å². The quantitative estimate of drug-likeness (QED) is 0.465. The van der Waals surface area contributed by atoms with Crippen LogP contribution in [0.25, 0.3) is 0 Å². The fourth-order valence-corrected chi connectivity index (χ4v) is 1.80. The Kier molecular flexibility index (Phi) is 4.72. The van der Waals surface area contributed by atoms with E-state index < -0.39 is 22.0 Å². The zero-order chi connectivity index (χ0) is 12.1. The van der Waals surface area contributed by atoms with Gasteiger partial charge in [0.2, 0.25) is 0 Å². The van der Waals surface area contributed by atoms with E-state index in [4.69, 9.17) is 4.74 Å². The summed E-state index contributed by atoms with van der Waals surface area (Å²) in [6.07, 6.45) is -0.815. The minimum absolute atomic E-state index is 0.517. The predicted molar refractivity (Wildman–Crippen MR) is 63.8 cm³/mol. The molecule has 0 heterocycles. The van der Waals surface area contributed by atoms with E-state index in [1.165, 1.54) is 6.92 Å². The van der Waals surface area contributed by atoms with Crippen LogP contribution in [-0.4, -0.2) is 15.9 Å². The van der Waals surface area contributed by atoms with Crippen molar-refractivity contribution in [2.75, 3.05) is 0 Å². The molecule has 0 radical (unpaired) electrons. The first-order valence-electron chi connectivity index (χ1n) is 4.59. The highest BCUT2D eigenvalue weighted by Crippen LogP contribution is 2.26. The lowest BCUT2D eigenvalue weighted by atomic mass is 10.1. The molecule has 0 aromatic heterocycles. The average Bonchev–Trinajstić information content (AvgIpc) is 2.26. The van der Waals surface area contributed by atoms with Gasteiger partial charge in [0.25, 0.3) is 0 Å². The monoisotopic (exact) mass is 333 g/mol. The molecule has 0 saturated carbocycles. The molecule has 1 aromatic rings. The number of halogens is 1. The van der Waals surface area contributed by atoms with Gasteiger partial charge in [0, 0.05) is 6.92 Å². The molecule has 0 aliphatic rings. The Hall–Kier alpha value is -1.11. The lowest BCUT2D eigenvalue weighted by molar-refractivity contribution is -0.305. The van der Waals surface area contributed by atoms with E-state index in [-0.39, 0.29) is 0 Å². The topological polar surface area (TPSA) is 66.4 Å². The first-order valence-corrected chi connectivity index (χ1v) is 5.84. The Labute approximate surface area is 107 Å². The van der Waals surface area contributed by atoms with Gasteiger partial charge < -0.3 is 14.6 Å². The third-order valence-corrected chi connectivity index (χ3v) is 3.07. The maximum Gasteiger partial charge on any atom is 0.303 e. The summed E-state index contributed by atoms with van der Waals surface area (Å²) in [5.74, 6) is -1.77. The van der Waals surface area contributed by atoms with Crippen LogP contribution < -0.4 is 5.11 Å². The van der Waals surface area contributed by atoms with E-state index in [2.05, 4.69) is 0 Å². The second-order valence-electron chi connectivity index (χ2n) is 3.16. The van der Waals surface area contributed by atoms with Gasteiger partial charge in [-0.1, -0.05) is 52.9 Å². The lowest BCUT2D eigenvalue weighted by Crippen LogP contribution is -2.37. The molecule has 0 bridgehead atoms. The van der Waals surface area contributed by atoms with E-state index in [0.29, 0.717) is 5.56 Å². The summed E-state index contributed by atoms with van der Waals surface area (Å²) in [5, 5.41) is 10.8. The van der Waals surface area contributed by atoms with Gasteiger partial charge in [0.1, 0.15) is 6.10 Å². The largest absolute Gasteiger partial charge is 0.549 e. The van der Waals surface area contributed by atoms with Crippen molar-refractivity contribution in [3.8, 4) is 0 Å². The molecule has 0 fully saturated rings. The van der Waals surface area contributed by atoms with Gasteiger partial charge in [-0.2, -0.15) is 0 Å². The molecule has 0 spiro atoms. The van der Waals surface area contributed by atoms with Crippen LogP contribution in [0.3, 0.4) is 0 Å².